The number of nitrogens with one attached hydrogen (secondary N) is 1. The Morgan fingerprint density at radius 1 is 1.19 bits per heavy atom. The number of rotatable bonds is 4. The molecule has 2 aliphatic heterocycles. The summed E-state index contributed by atoms with van der Waals surface area (Å²) in [5, 5.41) is 7.19. The summed E-state index contributed by atoms with van der Waals surface area (Å²) in [4.78, 5) is 15.0. The monoisotopic (exact) mass is 388 g/mol. The van der Waals surface area contributed by atoms with Crippen molar-refractivity contribution in [2.75, 3.05) is 34.8 Å². The Hall–Kier alpha value is -2.35. The first-order valence-corrected chi connectivity index (χ1v) is 11.2. The van der Waals surface area contributed by atoms with Crippen LogP contribution in [0.5, 0.6) is 0 Å². The van der Waals surface area contributed by atoms with E-state index in [0.29, 0.717) is 17.7 Å². The van der Waals surface area contributed by atoms with E-state index in [-0.39, 0.29) is 23.5 Å². The van der Waals surface area contributed by atoms with Crippen molar-refractivity contribution >= 4 is 27.1 Å². The summed E-state index contributed by atoms with van der Waals surface area (Å²) in [5.74, 6) is 0.0460. The third-order valence-corrected chi connectivity index (χ3v) is 7.19. The minimum atomic E-state index is -3.00. The Bertz CT molecular complexity index is 944. The van der Waals surface area contributed by atoms with Crippen molar-refractivity contribution < 1.29 is 13.2 Å². The summed E-state index contributed by atoms with van der Waals surface area (Å²) in [6, 6.07) is 7.70. The Balaban J connectivity index is 1.45. The first kappa shape index (κ1) is 18.0. The standard InChI is InChI=1S/C19H24N4O3S/c1-14-18(12-20-23(14)17-8-11-27(25,26)13-17)19(24)21-15-4-6-16(7-5-15)22-9-2-3-10-22/h4-7,12,17H,2-3,8-11,13H2,1H3,(H,21,24). The Morgan fingerprint density at radius 3 is 2.52 bits per heavy atom. The molecule has 0 saturated carbocycles. The fourth-order valence-electron chi connectivity index (χ4n) is 3.91. The molecular formula is C19H24N4O3S. The second kappa shape index (κ2) is 6.99. The van der Waals surface area contributed by atoms with E-state index >= 15 is 0 Å². The van der Waals surface area contributed by atoms with Crippen LogP contribution in [0.25, 0.3) is 0 Å². The lowest BCUT2D eigenvalue weighted by Gasteiger charge is -2.17. The van der Waals surface area contributed by atoms with E-state index in [0.717, 1.165) is 18.8 Å². The number of anilines is 2. The van der Waals surface area contributed by atoms with Crippen LogP contribution in [0.15, 0.2) is 30.5 Å². The van der Waals surface area contributed by atoms with E-state index in [2.05, 4.69) is 15.3 Å². The lowest BCUT2D eigenvalue weighted by atomic mass is 10.2. The van der Waals surface area contributed by atoms with Gasteiger partial charge in [-0.25, -0.2) is 8.42 Å². The van der Waals surface area contributed by atoms with Gasteiger partial charge in [0.2, 0.25) is 0 Å². The summed E-state index contributed by atoms with van der Waals surface area (Å²) >= 11 is 0. The Labute approximate surface area is 159 Å². The number of amides is 1. The summed E-state index contributed by atoms with van der Waals surface area (Å²) < 4.78 is 25.1. The van der Waals surface area contributed by atoms with Crippen LogP contribution in [-0.4, -0.2) is 48.7 Å². The fourth-order valence-corrected chi connectivity index (χ4v) is 5.60. The van der Waals surface area contributed by atoms with Gasteiger partial charge in [-0.1, -0.05) is 0 Å². The maximum Gasteiger partial charge on any atom is 0.259 e. The Morgan fingerprint density at radius 2 is 1.89 bits per heavy atom. The van der Waals surface area contributed by atoms with Crippen LogP contribution in [0.3, 0.4) is 0 Å². The van der Waals surface area contributed by atoms with Crippen LogP contribution in [0.2, 0.25) is 0 Å². The molecule has 2 aromatic rings. The third kappa shape index (κ3) is 3.71. The largest absolute Gasteiger partial charge is 0.372 e. The van der Waals surface area contributed by atoms with Crippen LogP contribution in [0.1, 0.15) is 41.4 Å². The number of nitrogens with zero attached hydrogens (tertiary/aromatic N) is 3. The molecular weight excluding hydrogens is 364 g/mol. The minimum Gasteiger partial charge on any atom is -0.372 e. The molecule has 1 N–H and O–H groups in total. The maximum atomic E-state index is 12.6. The number of hydrogen-bond acceptors (Lipinski definition) is 5. The third-order valence-electron chi connectivity index (χ3n) is 5.44. The predicted molar refractivity (Wildman–Crippen MR) is 105 cm³/mol. The highest BCUT2D eigenvalue weighted by Crippen LogP contribution is 2.26. The molecule has 0 aliphatic carbocycles. The van der Waals surface area contributed by atoms with Gasteiger partial charge in [0.05, 0.1) is 29.3 Å². The smallest absolute Gasteiger partial charge is 0.259 e. The van der Waals surface area contributed by atoms with E-state index in [1.54, 1.807) is 4.68 Å². The van der Waals surface area contributed by atoms with E-state index < -0.39 is 9.84 Å². The van der Waals surface area contributed by atoms with Crippen molar-refractivity contribution in [3.8, 4) is 0 Å². The summed E-state index contributed by atoms with van der Waals surface area (Å²) in [7, 11) is -3.00. The molecule has 0 bridgehead atoms. The molecule has 2 aliphatic rings. The average Bonchev–Trinajstić information content (AvgIpc) is 3.35. The van der Waals surface area contributed by atoms with Gasteiger partial charge in [-0.2, -0.15) is 5.10 Å². The molecule has 1 amide bonds. The van der Waals surface area contributed by atoms with Crippen LogP contribution >= 0.6 is 0 Å². The van der Waals surface area contributed by atoms with Gasteiger partial charge in [-0.05, 0) is 50.5 Å². The average molecular weight is 388 g/mol. The molecule has 0 spiro atoms. The second-order valence-electron chi connectivity index (χ2n) is 7.34. The van der Waals surface area contributed by atoms with Gasteiger partial charge in [-0.15, -0.1) is 0 Å². The van der Waals surface area contributed by atoms with Gasteiger partial charge in [0, 0.05) is 30.2 Å². The first-order chi connectivity index (χ1) is 12.9. The van der Waals surface area contributed by atoms with Crippen LogP contribution < -0.4 is 10.2 Å². The van der Waals surface area contributed by atoms with Crippen molar-refractivity contribution in [3.63, 3.8) is 0 Å². The molecule has 0 radical (unpaired) electrons. The second-order valence-corrected chi connectivity index (χ2v) is 9.57. The van der Waals surface area contributed by atoms with E-state index in [9.17, 15) is 13.2 Å². The molecule has 2 saturated heterocycles. The molecule has 8 heteroatoms. The van der Waals surface area contributed by atoms with Crippen molar-refractivity contribution in [3.05, 3.63) is 41.7 Å². The van der Waals surface area contributed by atoms with Crippen molar-refractivity contribution in [1.29, 1.82) is 0 Å². The highest BCUT2D eigenvalue weighted by molar-refractivity contribution is 7.91. The van der Waals surface area contributed by atoms with E-state index in [4.69, 9.17) is 0 Å². The van der Waals surface area contributed by atoms with Gasteiger partial charge in [0.15, 0.2) is 9.84 Å². The molecule has 4 rings (SSSR count). The van der Waals surface area contributed by atoms with E-state index in [1.807, 2.05) is 31.2 Å². The van der Waals surface area contributed by atoms with Gasteiger partial charge >= 0.3 is 0 Å². The van der Waals surface area contributed by atoms with Crippen molar-refractivity contribution in [1.82, 2.24) is 9.78 Å². The number of benzene rings is 1. The first-order valence-electron chi connectivity index (χ1n) is 9.34. The van der Waals surface area contributed by atoms with Crippen LogP contribution in [-0.2, 0) is 9.84 Å². The van der Waals surface area contributed by atoms with Gasteiger partial charge in [-0.3, -0.25) is 9.48 Å². The molecule has 27 heavy (non-hydrogen) atoms. The van der Waals surface area contributed by atoms with Gasteiger partial charge in [0.25, 0.3) is 5.91 Å². The molecule has 1 atom stereocenters. The zero-order valence-electron chi connectivity index (χ0n) is 15.4. The zero-order chi connectivity index (χ0) is 19.0. The molecule has 3 heterocycles. The van der Waals surface area contributed by atoms with Gasteiger partial charge < -0.3 is 10.2 Å². The number of hydrogen-bond donors (Lipinski definition) is 1. The molecule has 1 aromatic carbocycles. The normalized spacial score (nSPS) is 21.5. The molecule has 2 fully saturated rings. The lowest BCUT2D eigenvalue weighted by Crippen LogP contribution is -2.18. The number of carbonyl (C=O) groups excluding carboxylic acids is 1. The van der Waals surface area contributed by atoms with Gasteiger partial charge in [0.1, 0.15) is 0 Å². The topological polar surface area (TPSA) is 84.3 Å². The molecule has 7 nitrogen and oxygen atoms in total. The summed E-state index contributed by atoms with van der Waals surface area (Å²) in [5.41, 5.74) is 3.08. The number of sulfone groups is 1. The molecule has 144 valence electrons. The molecule has 1 aromatic heterocycles. The summed E-state index contributed by atoms with van der Waals surface area (Å²) in [6.45, 7) is 3.98. The zero-order valence-corrected chi connectivity index (χ0v) is 16.2. The lowest BCUT2D eigenvalue weighted by molar-refractivity contribution is 0.102. The highest BCUT2D eigenvalue weighted by Gasteiger charge is 2.31. The predicted octanol–water partition coefficient (Wildman–Crippen LogP) is 2.40. The van der Waals surface area contributed by atoms with Crippen molar-refractivity contribution in [2.24, 2.45) is 0 Å². The van der Waals surface area contributed by atoms with Crippen molar-refractivity contribution in [2.45, 2.75) is 32.2 Å². The molecule has 1 unspecified atom stereocenters. The Kier molecular flexibility index (Phi) is 4.67. The fraction of sp³-hybridized carbons (Fsp3) is 0.474. The van der Waals surface area contributed by atoms with Crippen LogP contribution in [0.4, 0.5) is 11.4 Å². The minimum absolute atomic E-state index is 0.0918. The maximum absolute atomic E-state index is 12.6. The van der Waals surface area contributed by atoms with Crippen LogP contribution in [0, 0.1) is 6.92 Å². The number of carbonyl (C=O) groups is 1. The number of aromatic nitrogens is 2. The highest BCUT2D eigenvalue weighted by atomic mass is 32.2. The SMILES string of the molecule is Cc1c(C(=O)Nc2ccc(N3CCCC3)cc2)cnn1C1CCS(=O)(=O)C1. The summed E-state index contributed by atoms with van der Waals surface area (Å²) in [6.07, 6.45) is 4.52. The quantitative estimate of drug-likeness (QED) is 0.869. The van der Waals surface area contributed by atoms with E-state index in [1.165, 1.54) is 24.7 Å².